The van der Waals surface area contributed by atoms with Crippen LogP contribution in [-0.2, 0) is 0 Å². The van der Waals surface area contributed by atoms with E-state index in [9.17, 15) is 0 Å². The summed E-state index contributed by atoms with van der Waals surface area (Å²) in [6, 6.07) is 6.50. The molecular formula is C13H18BrN4P. The molecule has 0 aromatic heterocycles. The van der Waals surface area contributed by atoms with Crippen LogP contribution in [0.25, 0.3) is 0 Å². The van der Waals surface area contributed by atoms with E-state index in [1.807, 2.05) is 0 Å². The lowest BCUT2D eigenvalue weighted by Gasteiger charge is -2.56. The van der Waals surface area contributed by atoms with E-state index in [-0.39, 0.29) is 0 Å². The summed E-state index contributed by atoms with van der Waals surface area (Å²) in [4.78, 5) is 7.65. The van der Waals surface area contributed by atoms with E-state index in [0.717, 1.165) is 30.2 Å². The first kappa shape index (κ1) is 12.5. The maximum Gasteiger partial charge on any atom is 0.0757 e. The van der Waals surface area contributed by atoms with E-state index in [4.69, 9.17) is 4.74 Å². The van der Waals surface area contributed by atoms with Crippen molar-refractivity contribution in [2.24, 2.45) is 4.74 Å². The highest BCUT2D eigenvalue weighted by Gasteiger charge is 2.43. The minimum absolute atomic E-state index is 1.14. The standard InChI is InChI=1S/C13H18BrN4P/c1-11-2-3-13(12(14)4-11)15-19-8-16-5-17(9-19)7-18(6-16)10-19/h2-4H,5-10H2,1H3. The molecular weight excluding hydrogens is 323 g/mol. The summed E-state index contributed by atoms with van der Waals surface area (Å²) in [5.74, 6) is 0. The van der Waals surface area contributed by atoms with E-state index in [1.54, 1.807) is 0 Å². The number of halogens is 1. The molecule has 0 spiro atoms. The number of hydrogen-bond acceptors (Lipinski definition) is 4. The number of nitrogens with zero attached hydrogens (tertiary/aromatic N) is 4. The summed E-state index contributed by atoms with van der Waals surface area (Å²) in [6.07, 6.45) is 3.63. The molecule has 5 rings (SSSR count). The van der Waals surface area contributed by atoms with E-state index in [0.29, 0.717) is 0 Å². The van der Waals surface area contributed by atoms with Crippen molar-refractivity contribution < 1.29 is 0 Å². The van der Waals surface area contributed by atoms with Crippen LogP contribution >= 0.6 is 23.0 Å². The molecule has 1 aromatic rings. The Morgan fingerprint density at radius 3 is 2.16 bits per heavy atom. The van der Waals surface area contributed by atoms with Crippen LogP contribution in [0.2, 0.25) is 0 Å². The second-order valence-electron chi connectivity index (χ2n) is 6.01. The molecule has 4 saturated heterocycles. The van der Waals surface area contributed by atoms with Gasteiger partial charge in [-0.3, -0.25) is 19.4 Å². The topological polar surface area (TPSA) is 22.1 Å². The summed E-state index contributed by atoms with van der Waals surface area (Å²) in [7, 11) is -1.24. The Kier molecular flexibility index (Phi) is 2.91. The molecule has 4 fully saturated rings. The Bertz CT molecular complexity index is 544. The SMILES string of the molecule is Cc1ccc(N=P23CN4CN(CN(C4)C2)C3)c(Br)c1. The van der Waals surface area contributed by atoms with Gasteiger partial charge in [-0.2, -0.15) is 0 Å². The molecule has 4 aliphatic rings. The van der Waals surface area contributed by atoms with Gasteiger partial charge in [0.05, 0.1) is 25.7 Å². The maximum absolute atomic E-state index is 5.23. The molecule has 19 heavy (non-hydrogen) atoms. The van der Waals surface area contributed by atoms with Crippen molar-refractivity contribution >= 4 is 28.7 Å². The third kappa shape index (κ3) is 2.22. The van der Waals surface area contributed by atoms with E-state index < -0.39 is 7.05 Å². The minimum Gasteiger partial charge on any atom is -0.272 e. The molecule has 4 bridgehead atoms. The molecule has 0 amide bonds. The zero-order valence-electron chi connectivity index (χ0n) is 11.1. The van der Waals surface area contributed by atoms with Crippen LogP contribution in [0.5, 0.6) is 0 Å². The first-order chi connectivity index (χ1) is 9.12. The van der Waals surface area contributed by atoms with Gasteiger partial charge in [-0.05, 0) is 40.5 Å². The van der Waals surface area contributed by atoms with Crippen molar-refractivity contribution in [3.63, 3.8) is 0 Å². The number of benzene rings is 1. The third-order valence-electron chi connectivity index (χ3n) is 4.01. The fourth-order valence-corrected chi connectivity index (χ4v) is 8.10. The number of hydrogen-bond donors (Lipinski definition) is 0. The molecule has 0 atom stereocenters. The van der Waals surface area contributed by atoms with Crippen molar-refractivity contribution in [3.05, 3.63) is 28.2 Å². The first-order valence-electron chi connectivity index (χ1n) is 6.65. The van der Waals surface area contributed by atoms with Crippen LogP contribution in [-0.4, -0.2) is 53.6 Å². The largest absolute Gasteiger partial charge is 0.272 e. The maximum atomic E-state index is 5.23. The Morgan fingerprint density at radius 1 is 1.05 bits per heavy atom. The van der Waals surface area contributed by atoms with E-state index in [2.05, 4.69) is 55.8 Å². The molecule has 4 aliphatic heterocycles. The van der Waals surface area contributed by atoms with Crippen molar-refractivity contribution in [3.8, 4) is 0 Å². The average molecular weight is 341 g/mol. The van der Waals surface area contributed by atoms with Crippen molar-refractivity contribution in [1.82, 2.24) is 14.7 Å². The summed E-state index contributed by atoms with van der Waals surface area (Å²) >= 11 is 3.67. The summed E-state index contributed by atoms with van der Waals surface area (Å²) in [5.41, 5.74) is 2.43. The highest BCUT2D eigenvalue weighted by Crippen LogP contribution is 2.59. The number of rotatable bonds is 1. The molecule has 0 unspecified atom stereocenters. The highest BCUT2D eigenvalue weighted by atomic mass is 79.9. The molecule has 0 radical (unpaired) electrons. The molecule has 102 valence electrons. The predicted molar refractivity (Wildman–Crippen MR) is 82.6 cm³/mol. The van der Waals surface area contributed by atoms with Gasteiger partial charge in [0.2, 0.25) is 0 Å². The van der Waals surface area contributed by atoms with Gasteiger partial charge in [0.25, 0.3) is 0 Å². The quantitative estimate of drug-likeness (QED) is 0.732. The zero-order valence-corrected chi connectivity index (χ0v) is 13.6. The van der Waals surface area contributed by atoms with Crippen molar-refractivity contribution in [2.75, 3.05) is 38.9 Å². The van der Waals surface area contributed by atoms with Gasteiger partial charge in [-0.25, -0.2) is 0 Å². The van der Waals surface area contributed by atoms with Crippen LogP contribution < -0.4 is 0 Å². The molecule has 1 aromatic carbocycles. The van der Waals surface area contributed by atoms with Gasteiger partial charge in [-0.1, -0.05) is 6.07 Å². The van der Waals surface area contributed by atoms with Gasteiger partial charge in [0.15, 0.2) is 0 Å². The molecule has 4 nitrogen and oxygen atoms in total. The summed E-state index contributed by atoms with van der Waals surface area (Å²) < 4.78 is 6.37. The van der Waals surface area contributed by atoms with Crippen LogP contribution in [0.3, 0.4) is 0 Å². The summed E-state index contributed by atoms with van der Waals surface area (Å²) in [6.45, 7) is 5.55. The Balaban J connectivity index is 1.76. The van der Waals surface area contributed by atoms with Crippen LogP contribution in [0.4, 0.5) is 5.69 Å². The fraction of sp³-hybridized carbons (Fsp3) is 0.538. The second kappa shape index (κ2) is 4.40. The van der Waals surface area contributed by atoms with Gasteiger partial charge in [-0.15, -0.1) is 0 Å². The van der Waals surface area contributed by atoms with Gasteiger partial charge in [0, 0.05) is 30.4 Å². The monoisotopic (exact) mass is 340 g/mol. The first-order valence-corrected chi connectivity index (χ1v) is 9.74. The lowest BCUT2D eigenvalue weighted by molar-refractivity contribution is -0.0265. The van der Waals surface area contributed by atoms with Crippen molar-refractivity contribution in [2.45, 2.75) is 6.92 Å². The van der Waals surface area contributed by atoms with Crippen LogP contribution in [0, 0.1) is 6.92 Å². The molecule has 0 aliphatic carbocycles. The molecule has 0 saturated carbocycles. The predicted octanol–water partition coefficient (Wildman–Crippen LogP) is 3.28. The lowest BCUT2D eigenvalue weighted by atomic mass is 10.2. The fourth-order valence-electron chi connectivity index (χ4n) is 3.52. The summed E-state index contributed by atoms with van der Waals surface area (Å²) in [5, 5.41) is 0. The third-order valence-corrected chi connectivity index (χ3v) is 8.07. The van der Waals surface area contributed by atoms with Crippen LogP contribution in [0.1, 0.15) is 5.56 Å². The van der Waals surface area contributed by atoms with E-state index >= 15 is 0 Å². The van der Waals surface area contributed by atoms with Gasteiger partial charge >= 0.3 is 0 Å². The average Bonchev–Trinajstić information content (AvgIpc) is 2.31. The zero-order chi connectivity index (χ0) is 13.0. The van der Waals surface area contributed by atoms with Crippen LogP contribution in [0.15, 0.2) is 27.4 Å². The molecule has 0 N–H and O–H groups in total. The van der Waals surface area contributed by atoms with Crippen molar-refractivity contribution in [1.29, 1.82) is 0 Å². The lowest BCUT2D eigenvalue weighted by Crippen LogP contribution is -2.63. The van der Waals surface area contributed by atoms with Gasteiger partial charge < -0.3 is 0 Å². The van der Waals surface area contributed by atoms with Gasteiger partial charge in [0.1, 0.15) is 0 Å². The molecule has 6 heteroatoms. The highest BCUT2D eigenvalue weighted by molar-refractivity contribution is 9.10. The Hall–Kier alpha value is -0.190. The normalized spacial score (nSPS) is 39.6. The van der Waals surface area contributed by atoms with E-state index in [1.165, 1.54) is 24.4 Å². The molecule has 4 heterocycles. The number of aryl methyl sites for hydroxylation is 1. The Labute approximate surface area is 122 Å². The second-order valence-corrected chi connectivity index (χ2v) is 10.1. The Morgan fingerprint density at radius 2 is 1.63 bits per heavy atom. The smallest absolute Gasteiger partial charge is 0.0757 e. The minimum atomic E-state index is -1.24.